The Morgan fingerprint density at radius 3 is 2.82 bits per heavy atom. The Balaban J connectivity index is 1.79. The Kier molecular flexibility index (Phi) is 4.26. The number of amides is 2. The van der Waals surface area contributed by atoms with Gasteiger partial charge in [-0.2, -0.15) is 0 Å². The molecule has 3 unspecified atom stereocenters. The van der Waals surface area contributed by atoms with Crippen LogP contribution in [0.5, 0.6) is 0 Å². The summed E-state index contributed by atoms with van der Waals surface area (Å²) in [6, 6.07) is 0.355. The van der Waals surface area contributed by atoms with E-state index >= 15 is 0 Å². The molecule has 3 atom stereocenters. The van der Waals surface area contributed by atoms with Crippen molar-refractivity contribution in [1.82, 2.24) is 10.2 Å². The number of aliphatic hydroxyl groups is 1. The van der Waals surface area contributed by atoms with Gasteiger partial charge >= 0.3 is 6.03 Å². The molecule has 2 amide bonds. The van der Waals surface area contributed by atoms with Gasteiger partial charge in [0.2, 0.25) is 0 Å². The molecular formula is C13H24N2O2. The number of hydrogen-bond acceptors (Lipinski definition) is 2. The molecule has 4 heteroatoms. The van der Waals surface area contributed by atoms with Crippen LogP contribution in [-0.2, 0) is 0 Å². The third kappa shape index (κ3) is 3.60. The van der Waals surface area contributed by atoms with E-state index in [2.05, 4.69) is 12.2 Å². The highest BCUT2D eigenvalue weighted by Gasteiger charge is 2.25. The molecule has 1 saturated carbocycles. The molecule has 0 aromatic rings. The van der Waals surface area contributed by atoms with Crippen LogP contribution in [0.1, 0.15) is 45.4 Å². The molecule has 1 saturated heterocycles. The smallest absolute Gasteiger partial charge is 0.317 e. The summed E-state index contributed by atoms with van der Waals surface area (Å²) in [4.78, 5) is 13.8. The summed E-state index contributed by atoms with van der Waals surface area (Å²) in [5.74, 6) is 0.723. The summed E-state index contributed by atoms with van der Waals surface area (Å²) in [5, 5.41) is 12.7. The van der Waals surface area contributed by atoms with Crippen molar-refractivity contribution < 1.29 is 9.90 Å². The summed E-state index contributed by atoms with van der Waals surface area (Å²) in [6.45, 7) is 3.53. The van der Waals surface area contributed by atoms with Crippen molar-refractivity contribution in [1.29, 1.82) is 0 Å². The van der Waals surface area contributed by atoms with Gasteiger partial charge in [0.05, 0.1) is 6.10 Å². The molecule has 4 nitrogen and oxygen atoms in total. The van der Waals surface area contributed by atoms with Crippen LogP contribution in [0.4, 0.5) is 4.79 Å². The monoisotopic (exact) mass is 240 g/mol. The van der Waals surface area contributed by atoms with Crippen LogP contribution >= 0.6 is 0 Å². The Morgan fingerprint density at radius 2 is 2.12 bits per heavy atom. The molecule has 0 bridgehead atoms. The minimum Gasteiger partial charge on any atom is -0.391 e. The average molecular weight is 240 g/mol. The minimum atomic E-state index is -0.334. The number of piperidine rings is 1. The normalized spacial score (nSPS) is 34.5. The van der Waals surface area contributed by atoms with Gasteiger partial charge in [0.1, 0.15) is 0 Å². The first-order chi connectivity index (χ1) is 8.15. The van der Waals surface area contributed by atoms with Gasteiger partial charge in [-0.05, 0) is 31.6 Å². The first-order valence-corrected chi connectivity index (χ1v) is 6.88. The van der Waals surface area contributed by atoms with E-state index in [1.54, 1.807) is 4.90 Å². The fourth-order valence-electron chi connectivity index (χ4n) is 2.97. The molecule has 0 aromatic heterocycles. The highest BCUT2D eigenvalue weighted by Crippen LogP contribution is 2.23. The van der Waals surface area contributed by atoms with Gasteiger partial charge in [0, 0.05) is 19.1 Å². The Hall–Kier alpha value is -0.770. The van der Waals surface area contributed by atoms with Crippen molar-refractivity contribution in [2.45, 2.75) is 57.6 Å². The average Bonchev–Trinajstić information content (AvgIpc) is 2.29. The number of nitrogens with zero attached hydrogens (tertiary/aromatic N) is 1. The van der Waals surface area contributed by atoms with Crippen LogP contribution in [0.2, 0.25) is 0 Å². The number of carbonyl (C=O) groups is 1. The number of aliphatic hydroxyl groups excluding tert-OH is 1. The van der Waals surface area contributed by atoms with Crippen molar-refractivity contribution in [3.63, 3.8) is 0 Å². The fourth-order valence-corrected chi connectivity index (χ4v) is 2.97. The SMILES string of the molecule is CC1CCCC(NC(=O)N2CCCC(O)C2)C1. The van der Waals surface area contributed by atoms with Crippen LogP contribution in [0.25, 0.3) is 0 Å². The number of hydrogen-bond donors (Lipinski definition) is 2. The van der Waals surface area contributed by atoms with Gasteiger partial charge in [0.15, 0.2) is 0 Å². The van der Waals surface area contributed by atoms with Gasteiger partial charge in [0.25, 0.3) is 0 Å². The molecule has 2 N–H and O–H groups in total. The highest BCUT2D eigenvalue weighted by atomic mass is 16.3. The van der Waals surface area contributed by atoms with Gasteiger partial charge in [-0.1, -0.05) is 19.8 Å². The summed E-state index contributed by atoms with van der Waals surface area (Å²) in [5.41, 5.74) is 0. The maximum absolute atomic E-state index is 12.0. The summed E-state index contributed by atoms with van der Waals surface area (Å²) < 4.78 is 0. The molecule has 17 heavy (non-hydrogen) atoms. The predicted octanol–water partition coefficient (Wildman–Crippen LogP) is 1.73. The van der Waals surface area contributed by atoms with Crippen molar-refractivity contribution in [2.24, 2.45) is 5.92 Å². The molecule has 2 aliphatic rings. The Morgan fingerprint density at radius 1 is 1.29 bits per heavy atom. The third-order valence-corrected chi connectivity index (χ3v) is 3.95. The van der Waals surface area contributed by atoms with E-state index in [0.717, 1.165) is 38.1 Å². The maximum Gasteiger partial charge on any atom is 0.317 e. The quantitative estimate of drug-likeness (QED) is 0.733. The molecule has 98 valence electrons. The second-order valence-corrected chi connectivity index (χ2v) is 5.66. The topological polar surface area (TPSA) is 52.6 Å². The zero-order valence-corrected chi connectivity index (χ0v) is 10.7. The van der Waals surface area contributed by atoms with E-state index in [1.165, 1.54) is 12.8 Å². The first-order valence-electron chi connectivity index (χ1n) is 6.88. The van der Waals surface area contributed by atoms with Crippen molar-refractivity contribution >= 4 is 6.03 Å². The number of β-amino-alcohol motifs (C(OH)–C–C–N with tert-alkyl or cyclic N) is 1. The zero-order chi connectivity index (χ0) is 12.3. The molecule has 1 heterocycles. The second-order valence-electron chi connectivity index (χ2n) is 5.66. The van der Waals surface area contributed by atoms with Crippen molar-refractivity contribution in [3.05, 3.63) is 0 Å². The van der Waals surface area contributed by atoms with Crippen LogP contribution in [0, 0.1) is 5.92 Å². The fraction of sp³-hybridized carbons (Fsp3) is 0.923. The molecule has 0 radical (unpaired) electrons. The van der Waals surface area contributed by atoms with Crippen molar-refractivity contribution in [2.75, 3.05) is 13.1 Å². The Bertz CT molecular complexity index is 270. The lowest BCUT2D eigenvalue weighted by Crippen LogP contribution is -2.50. The van der Waals surface area contributed by atoms with Crippen LogP contribution in [0.15, 0.2) is 0 Å². The number of likely N-dealkylation sites (tertiary alicyclic amines) is 1. The molecule has 2 fully saturated rings. The third-order valence-electron chi connectivity index (χ3n) is 3.95. The number of urea groups is 1. The van der Waals surface area contributed by atoms with E-state index in [4.69, 9.17) is 0 Å². The van der Waals surface area contributed by atoms with Crippen LogP contribution in [0.3, 0.4) is 0 Å². The van der Waals surface area contributed by atoms with Gasteiger partial charge in [-0.15, -0.1) is 0 Å². The number of rotatable bonds is 1. The van der Waals surface area contributed by atoms with E-state index < -0.39 is 0 Å². The van der Waals surface area contributed by atoms with E-state index in [1.807, 2.05) is 0 Å². The van der Waals surface area contributed by atoms with Gasteiger partial charge < -0.3 is 15.3 Å². The lowest BCUT2D eigenvalue weighted by Gasteiger charge is -2.33. The molecule has 2 rings (SSSR count). The summed E-state index contributed by atoms with van der Waals surface area (Å²) in [6.07, 6.45) is 6.11. The van der Waals surface area contributed by atoms with E-state index in [-0.39, 0.29) is 12.1 Å². The summed E-state index contributed by atoms with van der Waals surface area (Å²) in [7, 11) is 0. The van der Waals surface area contributed by atoms with Crippen molar-refractivity contribution in [3.8, 4) is 0 Å². The lowest BCUT2D eigenvalue weighted by molar-refractivity contribution is 0.0824. The Labute approximate surface area is 103 Å². The maximum atomic E-state index is 12.0. The standard InChI is InChI=1S/C13H24N2O2/c1-10-4-2-5-11(8-10)14-13(17)15-7-3-6-12(16)9-15/h10-12,16H,2-9H2,1H3,(H,14,17). The molecular weight excluding hydrogens is 216 g/mol. The van der Waals surface area contributed by atoms with Gasteiger partial charge in [-0.3, -0.25) is 0 Å². The van der Waals surface area contributed by atoms with Crippen LogP contribution in [-0.4, -0.2) is 41.3 Å². The van der Waals surface area contributed by atoms with Crippen LogP contribution < -0.4 is 5.32 Å². The minimum absolute atomic E-state index is 0.0165. The largest absolute Gasteiger partial charge is 0.391 e. The highest BCUT2D eigenvalue weighted by molar-refractivity contribution is 5.74. The molecule has 0 spiro atoms. The lowest BCUT2D eigenvalue weighted by atomic mass is 9.87. The van der Waals surface area contributed by atoms with E-state index in [9.17, 15) is 9.90 Å². The second kappa shape index (κ2) is 5.71. The molecule has 1 aliphatic carbocycles. The zero-order valence-electron chi connectivity index (χ0n) is 10.7. The number of carbonyl (C=O) groups excluding carboxylic acids is 1. The molecule has 0 aromatic carbocycles. The number of nitrogens with one attached hydrogen (secondary N) is 1. The molecule has 1 aliphatic heterocycles. The first kappa shape index (κ1) is 12.7. The van der Waals surface area contributed by atoms with E-state index in [0.29, 0.717) is 12.6 Å². The summed E-state index contributed by atoms with van der Waals surface area (Å²) >= 11 is 0. The predicted molar refractivity (Wildman–Crippen MR) is 66.8 cm³/mol. The van der Waals surface area contributed by atoms with Gasteiger partial charge in [-0.25, -0.2) is 4.79 Å².